The van der Waals surface area contributed by atoms with Crippen molar-refractivity contribution in [2.45, 2.75) is 33.6 Å². The molecule has 0 atom stereocenters. The summed E-state index contributed by atoms with van der Waals surface area (Å²) >= 11 is 0. The van der Waals surface area contributed by atoms with E-state index in [1.54, 1.807) is 0 Å². The van der Waals surface area contributed by atoms with Gasteiger partial charge in [0.25, 0.3) is 0 Å². The summed E-state index contributed by atoms with van der Waals surface area (Å²) in [4.78, 5) is 0. The Morgan fingerprint density at radius 3 is 1.27 bits per heavy atom. The zero-order valence-corrected chi connectivity index (χ0v) is 10.8. The molecule has 2 aliphatic rings. The number of hydrogen-bond donors (Lipinski definition) is 0. The van der Waals surface area contributed by atoms with E-state index in [1.807, 2.05) is 24.3 Å². The molecule has 2 aliphatic carbocycles. The van der Waals surface area contributed by atoms with Crippen LogP contribution in [0, 0.1) is 18.1 Å². The Labute approximate surface area is 105 Å². The Hall–Kier alpha value is -0.521. The molecule has 0 saturated carbocycles. The van der Waals surface area contributed by atoms with E-state index in [2.05, 4.69) is 45.1 Å². The normalized spacial score (nSPS) is 14.1. The van der Waals surface area contributed by atoms with Crippen LogP contribution < -0.4 is 0 Å². The third-order valence-corrected chi connectivity index (χ3v) is 1.17. The minimum absolute atomic E-state index is 0. The topological polar surface area (TPSA) is 0 Å². The summed E-state index contributed by atoms with van der Waals surface area (Å²) in [5.41, 5.74) is 0. The van der Waals surface area contributed by atoms with Crippen molar-refractivity contribution in [2.24, 2.45) is 0 Å². The van der Waals surface area contributed by atoms with Crippen molar-refractivity contribution >= 4 is 0 Å². The van der Waals surface area contributed by atoms with Gasteiger partial charge >= 0.3 is 17.1 Å². The second-order valence-electron chi connectivity index (χ2n) is 3.51. The summed E-state index contributed by atoms with van der Waals surface area (Å²) in [5.74, 6) is 1.42. The van der Waals surface area contributed by atoms with Crippen LogP contribution in [0.5, 0.6) is 0 Å². The maximum absolute atomic E-state index is 2.99. The van der Waals surface area contributed by atoms with Crippen molar-refractivity contribution in [3.05, 3.63) is 54.5 Å². The van der Waals surface area contributed by atoms with Gasteiger partial charge in [-0.1, -0.05) is 0 Å². The van der Waals surface area contributed by atoms with Crippen LogP contribution in [0.3, 0.4) is 0 Å². The summed E-state index contributed by atoms with van der Waals surface area (Å²) < 4.78 is 0. The predicted octanol–water partition coefficient (Wildman–Crippen LogP) is 4.23. The van der Waals surface area contributed by atoms with Crippen LogP contribution in [-0.2, 0) is 17.1 Å². The second-order valence-corrected chi connectivity index (χ2v) is 3.51. The molecular weight excluding hydrogens is 224 g/mol. The van der Waals surface area contributed by atoms with Crippen LogP contribution in [0.15, 0.2) is 36.5 Å². The summed E-state index contributed by atoms with van der Waals surface area (Å²) in [7, 11) is 0. The maximum Gasteiger partial charge on any atom is 3.00 e. The summed E-state index contributed by atoms with van der Waals surface area (Å²) in [6.45, 7) is 6.25. The van der Waals surface area contributed by atoms with Crippen molar-refractivity contribution in [3.8, 4) is 0 Å². The van der Waals surface area contributed by atoms with Crippen LogP contribution >= 0.6 is 0 Å². The van der Waals surface area contributed by atoms with Crippen LogP contribution in [0.1, 0.15) is 33.6 Å². The van der Waals surface area contributed by atoms with Gasteiger partial charge in [-0.25, -0.2) is 24.3 Å². The molecule has 83 valence electrons. The van der Waals surface area contributed by atoms with Gasteiger partial charge in [-0.05, 0) is 0 Å². The quantitative estimate of drug-likeness (QED) is 0.441. The molecule has 0 nitrogen and oxygen atoms in total. The largest absolute Gasteiger partial charge is 3.00 e. The first-order chi connectivity index (χ1) is 6.73. The van der Waals surface area contributed by atoms with Gasteiger partial charge in [-0.3, -0.25) is 12.2 Å². The van der Waals surface area contributed by atoms with Crippen molar-refractivity contribution in [1.29, 1.82) is 0 Å². The molecule has 0 N–H and O–H groups in total. The van der Waals surface area contributed by atoms with E-state index in [-0.39, 0.29) is 17.1 Å². The third-order valence-electron chi connectivity index (χ3n) is 1.17. The van der Waals surface area contributed by atoms with Crippen LogP contribution in [0.25, 0.3) is 0 Å². The Kier molecular flexibility index (Phi) is 15.2. The van der Waals surface area contributed by atoms with E-state index in [1.165, 1.54) is 5.92 Å². The molecule has 0 amide bonds. The fraction of sp³-hybridized carbons (Fsp3) is 0.357. The Morgan fingerprint density at radius 1 is 0.867 bits per heavy atom. The first kappa shape index (κ1) is 16.9. The van der Waals surface area contributed by atoms with Gasteiger partial charge < -0.3 is 5.92 Å². The fourth-order valence-electron chi connectivity index (χ4n) is 0.680. The third kappa shape index (κ3) is 19.8. The monoisotopic (exact) mass is 243 g/mol. The number of rotatable bonds is 0. The smallest absolute Gasteiger partial charge is 0.323 e. The molecule has 0 spiro atoms. The average molecular weight is 243 g/mol. The summed E-state index contributed by atoms with van der Waals surface area (Å²) in [6.07, 6.45) is 20.0. The standard InChI is InChI=1S/2C5H5.C4H9.Fe/c2*1-2-4-5-3-1;1-4(2)3;/h2*1-3H,4H2;1-3H3;/q3*-1;+3. The molecule has 1 heteroatoms. The maximum atomic E-state index is 2.99. The fourth-order valence-corrected chi connectivity index (χ4v) is 0.680. The van der Waals surface area contributed by atoms with Gasteiger partial charge in [-0.2, -0.15) is 32.9 Å². The first-order valence-corrected chi connectivity index (χ1v) is 4.93. The van der Waals surface area contributed by atoms with E-state index in [4.69, 9.17) is 0 Å². The van der Waals surface area contributed by atoms with Crippen molar-refractivity contribution < 1.29 is 17.1 Å². The van der Waals surface area contributed by atoms with Crippen molar-refractivity contribution in [2.75, 3.05) is 0 Å². The molecule has 0 aromatic rings. The number of allylic oxidation sites excluding steroid dienone is 8. The molecule has 2 rings (SSSR count). The molecule has 15 heavy (non-hydrogen) atoms. The summed E-state index contributed by atoms with van der Waals surface area (Å²) in [6, 6.07) is 0. The van der Waals surface area contributed by atoms with Crippen LogP contribution in [0.2, 0.25) is 0 Å². The van der Waals surface area contributed by atoms with E-state index in [9.17, 15) is 0 Å². The minimum Gasteiger partial charge on any atom is -0.323 e. The van der Waals surface area contributed by atoms with Crippen LogP contribution in [-0.4, -0.2) is 0 Å². The van der Waals surface area contributed by atoms with Gasteiger partial charge in [0.2, 0.25) is 0 Å². The number of hydrogen-bond acceptors (Lipinski definition) is 0. The molecular formula is C14H19Fe. The molecule has 0 fully saturated rings. The van der Waals surface area contributed by atoms with Crippen LogP contribution in [0.4, 0.5) is 0 Å². The first-order valence-electron chi connectivity index (χ1n) is 4.93. The van der Waals surface area contributed by atoms with Crippen molar-refractivity contribution in [1.82, 2.24) is 0 Å². The van der Waals surface area contributed by atoms with E-state index in [0.717, 1.165) is 12.8 Å². The molecule has 1 radical (unpaired) electrons. The summed E-state index contributed by atoms with van der Waals surface area (Å²) in [5, 5.41) is 0. The predicted molar refractivity (Wildman–Crippen MR) is 63.4 cm³/mol. The zero-order valence-electron chi connectivity index (χ0n) is 9.73. The minimum atomic E-state index is 0. The Bertz CT molecular complexity index is 175. The molecule has 0 heterocycles. The van der Waals surface area contributed by atoms with Crippen molar-refractivity contribution in [3.63, 3.8) is 0 Å². The van der Waals surface area contributed by atoms with E-state index in [0.29, 0.717) is 0 Å². The second kappa shape index (κ2) is 13.5. The zero-order chi connectivity index (χ0) is 10.6. The molecule has 0 aliphatic heterocycles. The molecule has 0 unspecified atom stereocenters. The average Bonchev–Trinajstić information content (AvgIpc) is 2.83. The van der Waals surface area contributed by atoms with E-state index < -0.39 is 0 Å². The molecule has 0 bridgehead atoms. The van der Waals surface area contributed by atoms with Gasteiger partial charge in [0, 0.05) is 0 Å². The van der Waals surface area contributed by atoms with Gasteiger partial charge in [0.05, 0.1) is 0 Å². The SMILES string of the molecule is C[C-](C)C.[C-]1=CC=CC1.[C-]1=CC=CC1.[Fe+3]. The Morgan fingerprint density at radius 2 is 1.20 bits per heavy atom. The molecule has 0 saturated heterocycles. The Balaban J connectivity index is 0. The van der Waals surface area contributed by atoms with E-state index >= 15 is 0 Å². The van der Waals surface area contributed by atoms with Gasteiger partial charge in [-0.15, -0.1) is 12.8 Å². The van der Waals surface area contributed by atoms with Gasteiger partial charge in [0.1, 0.15) is 0 Å². The molecule has 0 aromatic carbocycles. The van der Waals surface area contributed by atoms with Gasteiger partial charge in [0.15, 0.2) is 0 Å². The molecule has 0 aromatic heterocycles.